The molecule has 0 aliphatic carbocycles. The Kier molecular flexibility index (Phi) is 6.25. The molecule has 11 rings (SSSR count). The summed E-state index contributed by atoms with van der Waals surface area (Å²) < 4.78 is 12.9. The van der Waals surface area contributed by atoms with Crippen LogP contribution in [0.15, 0.2) is 183 Å². The zero-order chi connectivity index (χ0) is 34.2. The van der Waals surface area contributed by atoms with Gasteiger partial charge in [0.25, 0.3) is 0 Å². The maximum absolute atomic E-state index is 6.59. The van der Waals surface area contributed by atoms with Gasteiger partial charge in [0.1, 0.15) is 34.3 Å². The third kappa shape index (κ3) is 4.49. The normalized spacial score (nSPS) is 14.7. The molecule has 1 atom stereocenters. The van der Waals surface area contributed by atoms with Gasteiger partial charge in [0.15, 0.2) is 5.84 Å². The molecule has 0 saturated carbocycles. The van der Waals surface area contributed by atoms with Crippen molar-refractivity contribution in [1.82, 2.24) is 5.32 Å². The fourth-order valence-corrected chi connectivity index (χ4v) is 7.88. The summed E-state index contributed by atoms with van der Waals surface area (Å²) >= 11 is 0. The number of fused-ring (bicyclic) bond motifs is 9. The number of aliphatic imine (C=N–C) groups is 2. The van der Waals surface area contributed by atoms with Crippen LogP contribution in [0.3, 0.4) is 0 Å². The van der Waals surface area contributed by atoms with E-state index >= 15 is 0 Å². The van der Waals surface area contributed by atoms with Crippen molar-refractivity contribution < 1.29 is 8.83 Å². The van der Waals surface area contributed by atoms with Gasteiger partial charge in [0, 0.05) is 38.2 Å². The molecule has 1 aliphatic rings. The summed E-state index contributed by atoms with van der Waals surface area (Å²) in [5, 5.41) is 12.7. The standard InChI is InChI=1S/C47H29N3O2/c1-2-12-30(13-3-1)45-48-46(36-17-10-20-41-43(36)34-15-6-8-18-39(34)51-41)50-47(49-45)38-26-32(27-42-44(38)35-16-7-9-19-40(35)52-42)31-24-23-29-22-21-28-11-4-5-14-33(28)37(29)25-31/h1-27,46H,(H,48,49,50). The minimum atomic E-state index is -0.434. The van der Waals surface area contributed by atoms with Crippen molar-refractivity contribution in [2.24, 2.45) is 9.98 Å². The fourth-order valence-electron chi connectivity index (χ4n) is 7.88. The highest BCUT2D eigenvalue weighted by atomic mass is 16.3. The first-order valence-corrected chi connectivity index (χ1v) is 17.5. The van der Waals surface area contributed by atoms with Crippen LogP contribution in [0.5, 0.6) is 0 Å². The summed E-state index contributed by atoms with van der Waals surface area (Å²) in [4.78, 5) is 10.7. The van der Waals surface area contributed by atoms with Crippen LogP contribution in [0.2, 0.25) is 0 Å². The van der Waals surface area contributed by atoms with E-state index in [-0.39, 0.29) is 0 Å². The fraction of sp³-hybridized carbons (Fsp3) is 0.0213. The highest BCUT2D eigenvalue weighted by Crippen LogP contribution is 2.40. The third-order valence-electron chi connectivity index (χ3n) is 10.3. The van der Waals surface area contributed by atoms with Crippen LogP contribution < -0.4 is 5.32 Å². The van der Waals surface area contributed by atoms with Crippen molar-refractivity contribution in [2.45, 2.75) is 6.17 Å². The van der Waals surface area contributed by atoms with Crippen molar-refractivity contribution in [3.05, 3.63) is 180 Å². The predicted octanol–water partition coefficient (Wildman–Crippen LogP) is 12.0. The second-order valence-electron chi connectivity index (χ2n) is 13.4. The van der Waals surface area contributed by atoms with Crippen molar-refractivity contribution >= 4 is 77.1 Å². The summed E-state index contributed by atoms with van der Waals surface area (Å²) in [5.74, 6) is 1.39. The minimum absolute atomic E-state index is 0.434. The molecule has 1 aliphatic heterocycles. The van der Waals surface area contributed by atoms with Gasteiger partial charge in [-0.2, -0.15) is 0 Å². The van der Waals surface area contributed by atoms with Crippen LogP contribution in [0.4, 0.5) is 0 Å². The number of nitrogens with one attached hydrogen (secondary N) is 1. The largest absolute Gasteiger partial charge is 0.456 e. The van der Waals surface area contributed by atoms with Crippen molar-refractivity contribution in [1.29, 1.82) is 0 Å². The number of amidine groups is 2. The minimum Gasteiger partial charge on any atom is -0.456 e. The molecule has 10 aromatic rings. The summed E-state index contributed by atoms with van der Waals surface area (Å²) in [6.45, 7) is 0. The first-order valence-electron chi connectivity index (χ1n) is 17.5. The Labute approximate surface area is 298 Å². The van der Waals surface area contributed by atoms with E-state index in [0.717, 1.165) is 77.5 Å². The van der Waals surface area contributed by atoms with Gasteiger partial charge in [-0.3, -0.25) is 0 Å². The molecule has 0 radical (unpaired) electrons. The Balaban J connectivity index is 1.18. The Morgan fingerprint density at radius 1 is 0.442 bits per heavy atom. The van der Waals surface area contributed by atoms with Gasteiger partial charge in [0.05, 0.1) is 0 Å². The molecule has 52 heavy (non-hydrogen) atoms. The molecule has 1 N–H and O–H groups in total. The van der Waals surface area contributed by atoms with Gasteiger partial charge in [0.2, 0.25) is 0 Å². The Morgan fingerprint density at radius 2 is 1.10 bits per heavy atom. The summed E-state index contributed by atoms with van der Waals surface area (Å²) in [6.07, 6.45) is -0.434. The van der Waals surface area contributed by atoms with Gasteiger partial charge in [-0.25, -0.2) is 9.98 Å². The number of hydrogen-bond acceptors (Lipinski definition) is 5. The monoisotopic (exact) mass is 667 g/mol. The summed E-state index contributed by atoms with van der Waals surface area (Å²) in [5.41, 5.74) is 8.36. The van der Waals surface area contributed by atoms with E-state index in [0.29, 0.717) is 5.84 Å². The van der Waals surface area contributed by atoms with E-state index in [2.05, 4.69) is 115 Å². The first kappa shape index (κ1) is 28.8. The Morgan fingerprint density at radius 3 is 1.92 bits per heavy atom. The molecule has 5 nitrogen and oxygen atoms in total. The van der Waals surface area contributed by atoms with Gasteiger partial charge in [-0.05, 0) is 69.1 Å². The maximum atomic E-state index is 6.59. The van der Waals surface area contributed by atoms with Crippen LogP contribution in [0.1, 0.15) is 22.9 Å². The molecule has 0 saturated heterocycles. The lowest BCUT2D eigenvalue weighted by Crippen LogP contribution is -2.33. The van der Waals surface area contributed by atoms with Crippen LogP contribution in [-0.4, -0.2) is 11.7 Å². The quantitative estimate of drug-likeness (QED) is 0.190. The molecule has 2 aromatic heterocycles. The molecule has 3 heterocycles. The van der Waals surface area contributed by atoms with Crippen LogP contribution in [0, 0.1) is 0 Å². The topological polar surface area (TPSA) is 63.0 Å². The number of furan rings is 2. The Hall–Kier alpha value is -6.98. The number of rotatable bonds is 4. The molecule has 1 unspecified atom stereocenters. The molecule has 0 amide bonds. The molecular formula is C47H29N3O2. The van der Waals surface area contributed by atoms with E-state index in [1.165, 1.54) is 21.5 Å². The van der Waals surface area contributed by atoms with Gasteiger partial charge in [-0.1, -0.05) is 127 Å². The van der Waals surface area contributed by atoms with E-state index < -0.39 is 6.17 Å². The molecular weight excluding hydrogens is 639 g/mol. The van der Waals surface area contributed by atoms with Gasteiger partial charge in [-0.15, -0.1) is 0 Å². The molecule has 244 valence electrons. The molecule has 5 heteroatoms. The first-order chi connectivity index (χ1) is 25.7. The second kappa shape index (κ2) is 11.3. The Bertz CT molecular complexity index is 3110. The number of para-hydroxylation sites is 2. The third-order valence-corrected chi connectivity index (χ3v) is 10.3. The second-order valence-corrected chi connectivity index (χ2v) is 13.4. The van der Waals surface area contributed by atoms with E-state index in [9.17, 15) is 0 Å². The van der Waals surface area contributed by atoms with Crippen LogP contribution in [-0.2, 0) is 0 Å². The van der Waals surface area contributed by atoms with E-state index in [1.54, 1.807) is 0 Å². The number of benzene rings is 8. The molecule has 0 bridgehead atoms. The van der Waals surface area contributed by atoms with Gasteiger partial charge >= 0.3 is 0 Å². The maximum Gasteiger partial charge on any atom is 0.160 e. The highest BCUT2D eigenvalue weighted by Gasteiger charge is 2.26. The van der Waals surface area contributed by atoms with Crippen molar-refractivity contribution in [3.8, 4) is 11.1 Å². The number of nitrogens with zero attached hydrogens (tertiary/aromatic N) is 2. The predicted molar refractivity (Wildman–Crippen MR) is 213 cm³/mol. The van der Waals surface area contributed by atoms with Gasteiger partial charge < -0.3 is 14.2 Å². The summed E-state index contributed by atoms with van der Waals surface area (Å²) in [7, 11) is 0. The molecule has 0 spiro atoms. The van der Waals surface area contributed by atoms with Crippen molar-refractivity contribution in [3.63, 3.8) is 0 Å². The van der Waals surface area contributed by atoms with Crippen LogP contribution >= 0.6 is 0 Å². The molecule has 8 aromatic carbocycles. The summed E-state index contributed by atoms with van der Waals surface area (Å²) in [6, 6.07) is 56.9. The lowest BCUT2D eigenvalue weighted by Gasteiger charge is -2.24. The smallest absolute Gasteiger partial charge is 0.160 e. The van der Waals surface area contributed by atoms with E-state index in [1.807, 2.05) is 54.6 Å². The van der Waals surface area contributed by atoms with Crippen LogP contribution in [0.25, 0.3) is 76.5 Å². The lowest BCUT2D eigenvalue weighted by molar-refractivity contribution is 0.662. The average Bonchev–Trinajstić information content (AvgIpc) is 3.79. The van der Waals surface area contributed by atoms with Crippen molar-refractivity contribution in [2.75, 3.05) is 0 Å². The number of hydrogen-bond donors (Lipinski definition) is 1. The zero-order valence-corrected chi connectivity index (χ0v) is 27.9. The zero-order valence-electron chi connectivity index (χ0n) is 27.9. The SMILES string of the molecule is c1ccc(C2=NC(c3cc(-c4ccc5ccc6ccccc6c5c4)cc4oc5ccccc5c34)=NC(c3cccc4oc5ccccc5c34)N2)cc1. The van der Waals surface area contributed by atoms with E-state index in [4.69, 9.17) is 18.8 Å². The highest BCUT2D eigenvalue weighted by molar-refractivity contribution is 6.23. The lowest BCUT2D eigenvalue weighted by atomic mass is 9.94. The average molecular weight is 668 g/mol. The molecule has 0 fully saturated rings.